The van der Waals surface area contributed by atoms with E-state index in [1.54, 1.807) is 0 Å². The van der Waals surface area contributed by atoms with Crippen LogP contribution in [0, 0.1) is 5.41 Å². The maximum absolute atomic E-state index is 10.1. The molecule has 0 saturated heterocycles. The van der Waals surface area contributed by atoms with Crippen molar-refractivity contribution < 1.29 is 4.21 Å². The topological polar surface area (TPSA) is 29.1 Å². The predicted molar refractivity (Wildman–Crippen MR) is 54.5 cm³/mol. The van der Waals surface area contributed by atoms with Crippen molar-refractivity contribution in [2.24, 2.45) is 5.41 Å². The number of hydrogen-bond donors (Lipinski definition) is 1. The van der Waals surface area contributed by atoms with E-state index in [0.29, 0.717) is 28.9 Å². The summed E-state index contributed by atoms with van der Waals surface area (Å²) in [7, 11) is 0. The van der Waals surface area contributed by atoms with Gasteiger partial charge in [0.25, 0.3) is 0 Å². The van der Waals surface area contributed by atoms with Gasteiger partial charge in [-0.2, -0.15) is 0 Å². The highest BCUT2D eigenvalue weighted by Crippen LogP contribution is 2.21. The van der Waals surface area contributed by atoms with E-state index in [4.69, 9.17) is 0 Å². The quantitative estimate of drug-likeness (QED) is 0.529. The molecule has 0 aromatic carbocycles. The third-order valence-corrected chi connectivity index (χ3v) is 2.40. The molecule has 0 aromatic rings. The van der Waals surface area contributed by atoms with Gasteiger partial charge in [-0.1, -0.05) is 27.7 Å². The van der Waals surface area contributed by atoms with Crippen LogP contribution >= 0.6 is 0 Å². The standard InChI is InChI=1S/C9H20NOS/c1-5-8(9(2,3)4)10-6-7-12-11/h8,10H,5-7H2,1-4H3/q+1/t8-/m0/s1. The third-order valence-electron chi connectivity index (χ3n) is 2.03. The monoisotopic (exact) mass is 190 g/mol. The summed E-state index contributed by atoms with van der Waals surface area (Å²) in [5.41, 5.74) is 0.294. The van der Waals surface area contributed by atoms with Gasteiger partial charge in [0.1, 0.15) is 0 Å². The van der Waals surface area contributed by atoms with Crippen molar-refractivity contribution in [2.45, 2.75) is 40.2 Å². The van der Waals surface area contributed by atoms with E-state index in [1.165, 1.54) is 0 Å². The maximum Gasteiger partial charge on any atom is 0.460 e. The highest BCUT2D eigenvalue weighted by molar-refractivity contribution is 7.65. The summed E-state index contributed by atoms with van der Waals surface area (Å²) in [6.45, 7) is 9.66. The van der Waals surface area contributed by atoms with E-state index in [0.717, 1.165) is 13.0 Å². The van der Waals surface area contributed by atoms with Crippen LogP contribution in [0.1, 0.15) is 34.1 Å². The van der Waals surface area contributed by atoms with Gasteiger partial charge in [-0.05, 0) is 11.8 Å². The molecule has 0 aliphatic heterocycles. The lowest BCUT2D eigenvalue weighted by atomic mass is 9.85. The fourth-order valence-electron chi connectivity index (χ4n) is 1.34. The van der Waals surface area contributed by atoms with Crippen molar-refractivity contribution in [3.8, 4) is 0 Å². The van der Waals surface area contributed by atoms with E-state index in [-0.39, 0.29) is 0 Å². The van der Waals surface area contributed by atoms with Gasteiger partial charge in [0.15, 0.2) is 0 Å². The lowest BCUT2D eigenvalue weighted by Gasteiger charge is -2.30. The van der Waals surface area contributed by atoms with Crippen molar-refractivity contribution in [3.05, 3.63) is 0 Å². The minimum Gasteiger partial charge on any atom is -0.308 e. The minimum atomic E-state index is 0.294. The lowest BCUT2D eigenvalue weighted by molar-refractivity contribution is 0.265. The summed E-state index contributed by atoms with van der Waals surface area (Å²) in [6, 6.07) is 0.518. The van der Waals surface area contributed by atoms with Crippen molar-refractivity contribution in [1.82, 2.24) is 5.32 Å². The van der Waals surface area contributed by atoms with Crippen LogP contribution in [-0.4, -0.2) is 18.3 Å². The van der Waals surface area contributed by atoms with Crippen LogP contribution < -0.4 is 5.32 Å². The Morgan fingerprint density at radius 3 is 2.33 bits per heavy atom. The molecule has 0 amide bonds. The van der Waals surface area contributed by atoms with E-state index < -0.39 is 0 Å². The second-order valence-electron chi connectivity index (χ2n) is 4.10. The largest absolute Gasteiger partial charge is 0.460 e. The van der Waals surface area contributed by atoms with Gasteiger partial charge in [0.05, 0.1) is 6.54 Å². The fourth-order valence-corrected chi connectivity index (χ4v) is 1.54. The Morgan fingerprint density at radius 2 is 2.00 bits per heavy atom. The Morgan fingerprint density at radius 1 is 1.42 bits per heavy atom. The number of hydrogen-bond acceptors (Lipinski definition) is 2. The Bertz CT molecular complexity index is 131. The van der Waals surface area contributed by atoms with E-state index >= 15 is 0 Å². The third kappa shape index (κ3) is 4.78. The molecule has 0 rings (SSSR count). The first-order chi connectivity index (χ1) is 5.52. The zero-order valence-electron chi connectivity index (χ0n) is 8.52. The fraction of sp³-hybridized carbons (Fsp3) is 1.00. The van der Waals surface area contributed by atoms with E-state index in [9.17, 15) is 4.21 Å². The van der Waals surface area contributed by atoms with Crippen molar-refractivity contribution in [2.75, 3.05) is 12.3 Å². The van der Waals surface area contributed by atoms with Crippen LogP contribution in [-0.2, 0) is 15.9 Å². The van der Waals surface area contributed by atoms with Gasteiger partial charge < -0.3 is 5.32 Å². The molecule has 0 aromatic heterocycles. The summed E-state index contributed by atoms with van der Waals surface area (Å²) in [6.07, 6.45) is 1.12. The molecule has 0 heterocycles. The average Bonchev–Trinajstić information content (AvgIpc) is 1.95. The molecule has 1 atom stereocenters. The first-order valence-electron chi connectivity index (χ1n) is 4.50. The highest BCUT2D eigenvalue weighted by atomic mass is 32.1. The van der Waals surface area contributed by atoms with Gasteiger partial charge in [-0.3, -0.25) is 0 Å². The summed E-state index contributed by atoms with van der Waals surface area (Å²) < 4.78 is 10.1. The summed E-state index contributed by atoms with van der Waals surface area (Å²) in [4.78, 5) is 0. The van der Waals surface area contributed by atoms with Crippen molar-refractivity contribution in [1.29, 1.82) is 0 Å². The Labute approximate surface area is 79.6 Å². The van der Waals surface area contributed by atoms with Gasteiger partial charge in [0, 0.05) is 10.3 Å². The number of nitrogens with one attached hydrogen (secondary N) is 1. The highest BCUT2D eigenvalue weighted by Gasteiger charge is 2.22. The Hall–Kier alpha value is -0.0200. The second-order valence-corrected chi connectivity index (χ2v) is 4.75. The molecule has 12 heavy (non-hydrogen) atoms. The molecule has 0 spiro atoms. The molecule has 0 radical (unpaired) electrons. The average molecular weight is 190 g/mol. The molecule has 0 saturated carbocycles. The van der Waals surface area contributed by atoms with E-state index in [1.807, 2.05) is 0 Å². The Balaban J connectivity index is 3.75. The molecule has 0 fully saturated rings. The molecule has 2 nitrogen and oxygen atoms in total. The number of rotatable bonds is 5. The van der Waals surface area contributed by atoms with Crippen molar-refractivity contribution >= 4 is 11.7 Å². The summed E-state index contributed by atoms with van der Waals surface area (Å²) >= 11 is 0.652. The Kier molecular flexibility index (Phi) is 5.59. The predicted octanol–water partition coefficient (Wildman–Crippen LogP) is 1.83. The molecule has 3 heteroatoms. The SMILES string of the molecule is CC[C@H](NCC[S+]=O)C(C)(C)C. The zero-order chi connectivity index (χ0) is 9.61. The van der Waals surface area contributed by atoms with Gasteiger partial charge in [0.2, 0.25) is 5.75 Å². The summed E-state index contributed by atoms with van der Waals surface area (Å²) in [5, 5.41) is 3.39. The molecule has 72 valence electrons. The van der Waals surface area contributed by atoms with Crippen LogP contribution in [0.15, 0.2) is 0 Å². The smallest absolute Gasteiger partial charge is 0.308 e. The van der Waals surface area contributed by atoms with Crippen LogP contribution in [0.4, 0.5) is 0 Å². The van der Waals surface area contributed by atoms with Crippen LogP contribution in [0.25, 0.3) is 0 Å². The van der Waals surface area contributed by atoms with Gasteiger partial charge in [-0.15, -0.1) is 0 Å². The normalized spacial score (nSPS) is 14.3. The first kappa shape index (κ1) is 12.0. The second kappa shape index (κ2) is 5.60. The van der Waals surface area contributed by atoms with Crippen molar-refractivity contribution in [3.63, 3.8) is 0 Å². The van der Waals surface area contributed by atoms with Crippen LogP contribution in [0.2, 0.25) is 0 Å². The lowest BCUT2D eigenvalue weighted by Crippen LogP contribution is -2.40. The molecule has 1 N–H and O–H groups in total. The molecule has 0 aliphatic rings. The summed E-state index contributed by atoms with van der Waals surface area (Å²) in [5.74, 6) is 0.659. The van der Waals surface area contributed by atoms with Gasteiger partial charge >= 0.3 is 11.7 Å². The minimum absolute atomic E-state index is 0.294. The molecule has 0 bridgehead atoms. The zero-order valence-corrected chi connectivity index (χ0v) is 9.33. The molecular weight excluding hydrogens is 170 g/mol. The molecular formula is C9H20NOS+. The van der Waals surface area contributed by atoms with Crippen LogP contribution in [0.5, 0.6) is 0 Å². The van der Waals surface area contributed by atoms with Gasteiger partial charge in [-0.25, -0.2) is 0 Å². The van der Waals surface area contributed by atoms with Crippen LogP contribution in [0.3, 0.4) is 0 Å². The molecule has 0 aliphatic carbocycles. The molecule has 0 unspecified atom stereocenters. The first-order valence-corrected chi connectivity index (χ1v) is 5.41. The maximum atomic E-state index is 10.1. The van der Waals surface area contributed by atoms with E-state index in [2.05, 4.69) is 33.0 Å².